The summed E-state index contributed by atoms with van der Waals surface area (Å²) in [7, 11) is 0. The van der Waals surface area contributed by atoms with E-state index in [1.165, 1.54) is 0 Å². The molecule has 0 bridgehead atoms. The molecule has 0 radical (unpaired) electrons. The normalized spacial score (nSPS) is 21.1. The van der Waals surface area contributed by atoms with Gasteiger partial charge in [0.2, 0.25) is 5.91 Å². The average molecular weight is 314 g/mol. The van der Waals surface area contributed by atoms with E-state index in [1.807, 2.05) is 24.3 Å². The van der Waals surface area contributed by atoms with Gasteiger partial charge in [-0.3, -0.25) is 9.59 Å². The molecule has 0 atom stereocenters. The van der Waals surface area contributed by atoms with Gasteiger partial charge in [-0.25, -0.2) is 0 Å². The molecule has 0 heterocycles. The van der Waals surface area contributed by atoms with E-state index in [9.17, 15) is 9.59 Å². The highest BCUT2D eigenvalue weighted by Gasteiger charge is 2.34. The van der Waals surface area contributed by atoms with Crippen LogP contribution >= 0.6 is 23.4 Å². The van der Waals surface area contributed by atoms with Crippen molar-refractivity contribution in [2.45, 2.75) is 30.2 Å². The fourth-order valence-electron chi connectivity index (χ4n) is 2.03. The first-order chi connectivity index (χ1) is 9.54. The average Bonchev–Trinajstić information content (AvgIpc) is 2.35. The maximum atomic E-state index is 11.7. The second-order valence-corrected chi connectivity index (χ2v) is 6.43. The van der Waals surface area contributed by atoms with Gasteiger partial charge in [0.1, 0.15) is 0 Å². The van der Waals surface area contributed by atoms with Crippen LogP contribution in [0.1, 0.15) is 19.3 Å². The van der Waals surface area contributed by atoms with Crippen molar-refractivity contribution >= 4 is 35.2 Å². The minimum atomic E-state index is -0.770. The molecule has 4 nitrogen and oxygen atoms in total. The lowest BCUT2D eigenvalue weighted by molar-refractivity contribution is -0.146. The second-order valence-electron chi connectivity index (χ2n) is 4.82. The zero-order chi connectivity index (χ0) is 14.5. The Morgan fingerprint density at radius 2 is 1.95 bits per heavy atom. The van der Waals surface area contributed by atoms with E-state index in [4.69, 9.17) is 16.7 Å². The van der Waals surface area contributed by atoms with Crippen molar-refractivity contribution < 1.29 is 14.7 Å². The molecule has 1 aromatic rings. The van der Waals surface area contributed by atoms with E-state index in [2.05, 4.69) is 5.32 Å². The van der Waals surface area contributed by atoms with Crippen LogP contribution in [0.4, 0.5) is 0 Å². The van der Waals surface area contributed by atoms with E-state index in [1.54, 1.807) is 11.8 Å². The maximum Gasteiger partial charge on any atom is 0.306 e. The highest BCUT2D eigenvalue weighted by molar-refractivity contribution is 7.99. The lowest BCUT2D eigenvalue weighted by Crippen LogP contribution is -2.46. The zero-order valence-corrected chi connectivity index (χ0v) is 12.4. The largest absolute Gasteiger partial charge is 0.481 e. The van der Waals surface area contributed by atoms with Gasteiger partial charge in [0.25, 0.3) is 0 Å². The van der Waals surface area contributed by atoms with E-state index >= 15 is 0 Å². The lowest BCUT2D eigenvalue weighted by atomic mass is 9.80. The van der Waals surface area contributed by atoms with Crippen molar-refractivity contribution in [2.75, 3.05) is 5.75 Å². The van der Waals surface area contributed by atoms with E-state index in [0.29, 0.717) is 30.0 Å². The van der Waals surface area contributed by atoms with Crippen molar-refractivity contribution in [3.8, 4) is 0 Å². The minimum absolute atomic E-state index is 0.0136. The van der Waals surface area contributed by atoms with Gasteiger partial charge >= 0.3 is 5.97 Å². The smallest absolute Gasteiger partial charge is 0.306 e. The summed E-state index contributed by atoms with van der Waals surface area (Å²) in [6.07, 6.45) is 1.53. The summed E-state index contributed by atoms with van der Waals surface area (Å²) in [5.74, 6) is -0.374. The molecular weight excluding hydrogens is 298 g/mol. The van der Waals surface area contributed by atoms with Crippen molar-refractivity contribution in [3.05, 3.63) is 29.3 Å². The number of hydrogen-bond acceptors (Lipinski definition) is 3. The summed E-state index contributed by atoms with van der Waals surface area (Å²) in [5, 5.41) is 12.3. The van der Waals surface area contributed by atoms with Crippen LogP contribution in [0.3, 0.4) is 0 Å². The van der Waals surface area contributed by atoms with Gasteiger partial charge in [-0.15, -0.1) is 11.8 Å². The number of carboxylic acid groups (broad SMARTS) is 1. The summed E-state index contributed by atoms with van der Waals surface area (Å²) in [4.78, 5) is 23.4. The number of hydrogen-bond donors (Lipinski definition) is 2. The van der Waals surface area contributed by atoms with E-state index in [-0.39, 0.29) is 17.9 Å². The Kier molecular flexibility index (Phi) is 5.31. The van der Waals surface area contributed by atoms with Crippen molar-refractivity contribution in [3.63, 3.8) is 0 Å². The molecule has 1 aliphatic carbocycles. The third-order valence-electron chi connectivity index (χ3n) is 3.26. The van der Waals surface area contributed by atoms with Crippen molar-refractivity contribution in [2.24, 2.45) is 5.92 Å². The molecule has 20 heavy (non-hydrogen) atoms. The maximum absolute atomic E-state index is 11.7. The quantitative estimate of drug-likeness (QED) is 0.793. The molecule has 1 fully saturated rings. The first-order valence-electron chi connectivity index (χ1n) is 6.45. The molecule has 0 unspecified atom stereocenters. The number of rotatable bonds is 6. The van der Waals surface area contributed by atoms with Gasteiger partial charge in [0.15, 0.2) is 0 Å². The van der Waals surface area contributed by atoms with Gasteiger partial charge < -0.3 is 10.4 Å². The van der Waals surface area contributed by atoms with Crippen LogP contribution in [0.5, 0.6) is 0 Å². The molecule has 2 N–H and O–H groups in total. The molecule has 0 saturated heterocycles. The predicted molar refractivity (Wildman–Crippen MR) is 79.1 cm³/mol. The Hall–Kier alpha value is -1.20. The standard InChI is InChI=1S/C14H16ClNO3S/c15-10-1-3-12(4-2-10)20-6-5-13(17)16-11-7-9(8-11)14(18)19/h1-4,9,11H,5-8H2,(H,16,17)(H,18,19). The van der Waals surface area contributed by atoms with Crippen molar-refractivity contribution in [1.29, 1.82) is 0 Å². The number of amides is 1. The van der Waals surface area contributed by atoms with Gasteiger partial charge in [-0.05, 0) is 37.1 Å². The number of aliphatic carboxylic acids is 1. The van der Waals surface area contributed by atoms with Gasteiger partial charge in [-0.1, -0.05) is 11.6 Å². The van der Waals surface area contributed by atoms with Crippen LogP contribution in [0.15, 0.2) is 29.2 Å². The van der Waals surface area contributed by atoms with Gasteiger partial charge in [0, 0.05) is 28.1 Å². The summed E-state index contributed by atoms with van der Waals surface area (Å²) in [6, 6.07) is 7.53. The Morgan fingerprint density at radius 1 is 1.30 bits per heavy atom. The monoisotopic (exact) mass is 313 g/mol. The third-order valence-corrected chi connectivity index (χ3v) is 4.53. The molecule has 2 rings (SSSR count). The molecule has 1 amide bonds. The van der Waals surface area contributed by atoms with E-state index < -0.39 is 5.97 Å². The SMILES string of the molecule is O=C(CCSc1ccc(Cl)cc1)NC1CC(C(=O)O)C1. The molecule has 6 heteroatoms. The minimum Gasteiger partial charge on any atom is -0.481 e. The van der Waals surface area contributed by atoms with Crippen LogP contribution in [0.25, 0.3) is 0 Å². The van der Waals surface area contributed by atoms with Crippen LogP contribution in [-0.2, 0) is 9.59 Å². The number of halogens is 1. The third kappa shape index (κ3) is 4.42. The van der Waals surface area contributed by atoms with E-state index in [0.717, 1.165) is 4.90 Å². The summed E-state index contributed by atoms with van der Waals surface area (Å²) < 4.78 is 0. The number of carbonyl (C=O) groups excluding carboxylic acids is 1. The van der Waals surface area contributed by atoms with Crippen LogP contribution in [0.2, 0.25) is 5.02 Å². The highest BCUT2D eigenvalue weighted by Crippen LogP contribution is 2.27. The lowest BCUT2D eigenvalue weighted by Gasteiger charge is -2.32. The van der Waals surface area contributed by atoms with Gasteiger partial charge in [0.05, 0.1) is 5.92 Å². The number of nitrogens with one attached hydrogen (secondary N) is 1. The molecule has 1 saturated carbocycles. The molecule has 0 aromatic heterocycles. The molecule has 0 aliphatic heterocycles. The molecule has 0 spiro atoms. The predicted octanol–water partition coefficient (Wildman–Crippen LogP) is 2.80. The molecular formula is C14H16ClNO3S. The summed E-state index contributed by atoms with van der Waals surface area (Å²) in [5.41, 5.74) is 0. The van der Waals surface area contributed by atoms with Crippen LogP contribution in [-0.4, -0.2) is 28.8 Å². The number of thioether (sulfide) groups is 1. The summed E-state index contributed by atoms with van der Waals surface area (Å²) >= 11 is 7.40. The fraction of sp³-hybridized carbons (Fsp3) is 0.429. The topological polar surface area (TPSA) is 66.4 Å². The number of carboxylic acids is 1. The van der Waals surface area contributed by atoms with Gasteiger partial charge in [-0.2, -0.15) is 0 Å². The van der Waals surface area contributed by atoms with Crippen molar-refractivity contribution in [1.82, 2.24) is 5.32 Å². The molecule has 108 valence electrons. The molecule has 1 aliphatic rings. The number of benzene rings is 1. The Morgan fingerprint density at radius 3 is 2.55 bits per heavy atom. The Labute approximate surface area is 126 Å². The van der Waals surface area contributed by atoms with Crippen LogP contribution < -0.4 is 5.32 Å². The fourth-order valence-corrected chi connectivity index (χ4v) is 3.01. The molecule has 1 aromatic carbocycles. The first-order valence-corrected chi connectivity index (χ1v) is 7.81. The zero-order valence-electron chi connectivity index (χ0n) is 10.8. The number of carbonyl (C=O) groups is 2. The Balaban J connectivity index is 1.61. The Bertz CT molecular complexity index is 486. The summed E-state index contributed by atoms with van der Waals surface area (Å²) in [6.45, 7) is 0. The highest BCUT2D eigenvalue weighted by atomic mass is 35.5. The van der Waals surface area contributed by atoms with Crippen LogP contribution in [0, 0.1) is 5.92 Å². The second kappa shape index (κ2) is 6.99. The first kappa shape index (κ1) is 15.2.